The SMILES string of the molecule is C=CC(=O)OCCNCCNCCNCC. The van der Waals surface area contributed by atoms with E-state index >= 15 is 0 Å². The first-order valence-corrected chi connectivity index (χ1v) is 5.72. The minimum absolute atomic E-state index is 0.370. The first-order chi connectivity index (χ1) is 7.81. The third-order valence-electron chi connectivity index (χ3n) is 1.90. The second-order valence-corrected chi connectivity index (χ2v) is 3.23. The molecule has 5 nitrogen and oxygen atoms in total. The molecule has 0 aromatic heterocycles. The largest absolute Gasteiger partial charge is 0.461 e. The molecule has 16 heavy (non-hydrogen) atoms. The van der Waals surface area contributed by atoms with Crippen molar-refractivity contribution in [2.75, 3.05) is 45.9 Å². The van der Waals surface area contributed by atoms with Gasteiger partial charge >= 0.3 is 5.97 Å². The van der Waals surface area contributed by atoms with Gasteiger partial charge in [0.05, 0.1) is 0 Å². The van der Waals surface area contributed by atoms with Crippen molar-refractivity contribution < 1.29 is 9.53 Å². The van der Waals surface area contributed by atoms with Gasteiger partial charge in [0, 0.05) is 38.8 Å². The molecule has 0 spiro atoms. The number of likely N-dealkylation sites (N-methyl/N-ethyl adjacent to an activating group) is 1. The lowest BCUT2D eigenvalue weighted by atomic mass is 10.5. The number of ether oxygens (including phenoxy) is 1. The number of esters is 1. The molecular weight excluding hydrogens is 206 g/mol. The Morgan fingerprint density at radius 3 is 2.25 bits per heavy atom. The van der Waals surface area contributed by atoms with E-state index in [-0.39, 0.29) is 5.97 Å². The Labute approximate surface area is 97.6 Å². The first-order valence-electron chi connectivity index (χ1n) is 5.72. The monoisotopic (exact) mass is 229 g/mol. The number of nitrogens with one attached hydrogen (secondary N) is 3. The number of rotatable bonds is 11. The van der Waals surface area contributed by atoms with Crippen molar-refractivity contribution in [3.05, 3.63) is 12.7 Å². The summed E-state index contributed by atoms with van der Waals surface area (Å²) in [6.45, 7) is 11.2. The van der Waals surface area contributed by atoms with Gasteiger partial charge in [0.25, 0.3) is 0 Å². The first kappa shape index (κ1) is 15.1. The molecule has 0 saturated heterocycles. The second kappa shape index (κ2) is 12.2. The van der Waals surface area contributed by atoms with Crippen LogP contribution in [-0.4, -0.2) is 51.8 Å². The molecule has 0 fully saturated rings. The summed E-state index contributed by atoms with van der Waals surface area (Å²) >= 11 is 0. The summed E-state index contributed by atoms with van der Waals surface area (Å²) in [5.41, 5.74) is 0. The highest BCUT2D eigenvalue weighted by molar-refractivity contribution is 5.81. The topological polar surface area (TPSA) is 62.4 Å². The quantitative estimate of drug-likeness (QED) is 0.253. The number of carbonyl (C=O) groups is 1. The minimum Gasteiger partial charge on any atom is -0.461 e. The van der Waals surface area contributed by atoms with Crippen molar-refractivity contribution in [1.29, 1.82) is 0 Å². The maximum absolute atomic E-state index is 10.7. The molecule has 5 heteroatoms. The van der Waals surface area contributed by atoms with Gasteiger partial charge in [-0.05, 0) is 6.54 Å². The van der Waals surface area contributed by atoms with Gasteiger partial charge in [0.2, 0.25) is 0 Å². The van der Waals surface area contributed by atoms with Crippen LogP contribution in [0.2, 0.25) is 0 Å². The molecule has 0 atom stereocenters. The van der Waals surface area contributed by atoms with E-state index < -0.39 is 0 Å². The Bertz CT molecular complexity index is 186. The van der Waals surface area contributed by atoms with Gasteiger partial charge in [0.1, 0.15) is 6.61 Å². The van der Waals surface area contributed by atoms with Crippen LogP contribution in [-0.2, 0) is 9.53 Å². The Hall–Kier alpha value is -0.910. The van der Waals surface area contributed by atoms with Crippen molar-refractivity contribution in [3.63, 3.8) is 0 Å². The molecule has 94 valence electrons. The summed E-state index contributed by atoms with van der Waals surface area (Å²) in [5.74, 6) is -0.370. The summed E-state index contributed by atoms with van der Waals surface area (Å²) in [4.78, 5) is 10.7. The highest BCUT2D eigenvalue weighted by Crippen LogP contribution is 1.76. The number of hydrogen-bond donors (Lipinski definition) is 3. The predicted octanol–water partition coefficient (Wildman–Crippen LogP) is -0.496. The van der Waals surface area contributed by atoms with Crippen LogP contribution in [0.15, 0.2) is 12.7 Å². The van der Waals surface area contributed by atoms with Gasteiger partial charge in [-0.15, -0.1) is 0 Å². The summed E-state index contributed by atoms with van der Waals surface area (Å²) in [5, 5.41) is 9.67. The predicted molar refractivity (Wildman–Crippen MR) is 65.4 cm³/mol. The molecule has 0 unspecified atom stereocenters. The molecule has 0 aliphatic heterocycles. The van der Waals surface area contributed by atoms with Gasteiger partial charge in [0.15, 0.2) is 0 Å². The van der Waals surface area contributed by atoms with Crippen LogP contribution >= 0.6 is 0 Å². The van der Waals surface area contributed by atoms with Crippen molar-refractivity contribution >= 4 is 5.97 Å². The number of hydrogen-bond acceptors (Lipinski definition) is 5. The third kappa shape index (κ3) is 11.2. The van der Waals surface area contributed by atoms with E-state index in [9.17, 15) is 4.79 Å². The van der Waals surface area contributed by atoms with Crippen molar-refractivity contribution in [2.45, 2.75) is 6.92 Å². The van der Waals surface area contributed by atoms with Gasteiger partial charge in [-0.1, -0.05) is 13.5 Å². The smallest absolute Gasteiger partial charge is 0.330 e. The molecule has 0 aromatic carbocycles. The highest BCUT2D eigenvalue weighted by atomic mass is 16.5. The fraction of sp³-hybridized carbons (Fsp3) is 0.727. The van der Waals surface area contributed by atoms with Crippen LogP contribution in [0.25, 0.3) is 0 Å². The molecule has 0 saturated carbocycles. The van der Waals surface area contributed by atoms with E-state index in [1.807, 2.05) is 0 Å². The Kier molecular flexibility index (Phi) is 11.5. The zero-order valence-corrected chi connectivity index (χ0v) is 10.1. The zero-order chi connectivity index (χ0) is 12.1. The average Bonchev–Trinajstić information content (AvgIpc) is 2.31. The summed E-state index contributed by atoms with van der Waals surface area (Å²) < 4.78 is 4.80. The number of carbonyl (C=O) groups excluding carboxylic acids is 1. The van der Waals surface area contributed by atoms with Crippen molar-refractivity contribution in [2.24, 2.45) is 0 Å². The van der Waals surface area contributed by atoms with E-state index in [0.29, 0.717) is 13.2 Å². The molecule has 0 aliphatic rings. The van der Waals surface area contributed by atoms with Crippen molar-refractivity contribution in [3.8, 4) is 0 Å². The van der Waals surface area contributed by atoms with E-state index in [1.54, 1.807) is 0 Å². The Morgan fingerprint density at radius 1 is 1.12 bits per heavy atom. The van der Waals surface area contributed by atoms with E-state index in [4.69, 9.17) is 4.74 Å². The summed E-state index contributed by atoms with van der Waals surface area (Å²) in [7, 11) is 0. The zero-order valence-electron chi connectivity index (χ0n) is 10.1. The lowest BCUT2D eigenvalue weighted by molar-refractivity contribution is -0.137. The Balaban J connectivity index is 2.98. The lowest BCUT2D eigenvalue weighted by Gasteiger charge is -2.06. The Morgan fingerprint density at radius 2 is 1.69 bits per heavy atom. The molecule has 0 rings (SSSR count). The minimum atomic E-state index is -0.370. The van der Waals surface area contributed by atoms with Gasteiger partial charge in [-0.2, -0.15) is 0 Å². The average molecular weight is 229 g/mol. The standard InChI is InChI=1S/C11H23N3O2/c1-3-11(15)16-10-9-14-8-7-13-6-5-12-4-2/h3,12-14H,1,4-10H2,2H3. The fourth-order valence-corrected chi connectivity index (χ4v) is 1.06. The lowest BCUT2D eigenvalue weighted by Crippen LogP contribution is -2.33. The van der Waals surface area contributed by atoms with Crippen molar-refractivity contribution in [1.82, 2.24) is 16.0 Å². The van der Waals surface area contributed by atoms with Crippen LogP contribution in [0, 0.1) is 0 Å². The molecule has 3 N–H and O–H groups in total. The van der Waals surface area contributed by atoms with E-state index in [0.717, 1.165) is 32.7 Å². The molecule has 0 heterocycles. The molecular formula is C11H23N3O2. The van der Waals surface area contributed by atoms with E-state index in [1.165, 1.54) is 6.08 Å². The molecule has 0 radical (unpaired) electrons. The van der Waals surface area contributed by atoms with Crippen LogP contribution in [0.3, 0.4) is 0 Å². The van der Waals surface area contributed by atoms with Crippen LogP contribution < -0.4 is 16.0 Å². The molecule has 0 amide bonds. The maximum atomic E-state index is 10.7. The molecule has 0 aliphatic carbocycles. The third-order valence-corrected chi connectivity index (χ3v) is 1.90. The molecule has 0 aromatic rings. The molecule has 0 bridgehead atoms. The van der Waals surface area contributed by atoms with Crippen LogP contribution in [0.1, 0.15) is 6.92 Å². The van der Waals surface area contributed by atoms with Gasteiger partial charge < -0.3 is 20.7 Å². The summed E-state index contributed by atoms with van der Waals surface area (Å²) in [6, 6.07) is 0. The van der Waals surface area contributed by atoms with Crippen LogP contribution in [0.5, 0.6) is 0 Å². The highest BCUT2D eigenvalue weighted by Gasteiger charge is 1.93. The fourth-order valence-electron chi connectivity index (χ4n) is 1.06. The van der Waals surface area contributed by atoms with Crippen LogP contribution in [0.4, 0.5) is 0 Å². The van der Waals surface area contributed by atoms with Gasteiger partial charge in [-0.3, -0.25) is 0 Å². The summed E-state index contributed by atoms with van der Waals surface area (Å²) in [6.07, 6.45) is 1.17. The normalized spacial score (nSPS) is 10.1. The van der Waals surface area contributed by atoms with E-state index in [2.05, 4.69) is 29.5 Å². The second-order valence-electron chi connectivity index (χ2n) is 3.23. The maximum Gasteiger partial charge on any atom is 0.330 e. The van der Waals surface area contributed by atoms with Gasteiger partial charge in [-0.25, -0.2) is 4.79 Å².